The van der Waals surface area contributed by atoms with E-state index in [2.05, 4.69) is 62.4 Å². The van der Waals surface area contributed by atoms with Crippen LogP contribution >= 0.6 is 11.8 Å². The summed E-state index contributed by atoms with van der Waals surface area (Å²) in [5.74, 6) is 1.34. The first-order valence-corrected chi connectivity index (χ1v) is 10.0. The van der Waals surface area contributed by atoms with E-state index in [9.17, 15) is 0 Å². The van der Waals surface area contributed by atoms with Crippen LogP contribution in [0.3, 0.4) is 0 Å². The summed E-state index contributed by atoms with van der Waals surface area (Å²) in [5, 5.41) is 0.402. The molecule has 0 fully saturated rings. The van der Waals surface area contributed by atoms with E-state index < -0.39 is 0 Å². The minimum atomic E-state index is 0.402. The fourth-order valence-electron chi connectivity index (χ4n) is 3.04. The van der Waals surface area contributed by atoms with Gasteiger partial charge in [-0.1, -0.05) is 48.9 Å². The van der Waals surface area contributed by atoms with Crippen LogP contribution in [0.5, 0.6) is 5.75 Å². The van der Waals surface area contributed by atoms with Crippen LogP contribution in [0.15, 0.2) is 71.1 Å². The Morgan fingerprint density at radius 1 is 1.04 bits per heavy atom. The van der Waals surface area contributed by atoms with Gasteiger partial charge in [0.2, 0.25) is 0 Å². The van der Waals surface area contributed by atoms with Gasteiger partial charge < -0.3 is 9.47 Å². The lowest BCUT2D eigenvalue weighted by molar-refractivity contribution is 0.161. The van der Waals surface area contributed by atoms with Crippen molar-refractivity contribution < 1.29 is 9.47 Å². The summed E-state index contributed by atoms with van der Waals surface area (Å²) in [4.78, 5) is 1.26. The predicted molar refractivity (Wildman–Crippen MR) is 112 cm³/mol. The zero-order valence-corrected chi connectivity index (χ0v) is 17.1. The van der Waals surface area contributed by atoms with Gasteiger partial charge in [0.1, 0.15) is 5.75 Å². The van der Waals surface area contributed by atoms with Gasteiger partial charge in [-0.15, -0.1) is 11.8 Å². The SMILES string of the molecule is COC[C@H](C)[C@@H](Sc1ccc(OC)cc1)/C(C)=C/CCc1ccccc1. The predicted octanol–water partition coefficient (Wildman–Crippen LogP) is 6.02. The second kappa shape index (κ2) is 11.1. The Hall–Kier alpha value is -1.71. The summed E-state index contributed by atoms with van der Waals surface area (Å²) in [6.07, 6.45) is 4.53. The van der Waals surface area contributed by atoms with Crippen molar-refractivity contribution in [1.29, 1.82) is 0 Å². The van der Waals surface area contributed by atoms with Crippen LogP contribution in [-0.4, -0.2) is 26.1 Å². The largest absolute Gasteiger partial charge is 0.497 e. The molecule has 3 heteroatoms. The highest BCUT2D eigenvalue weighted by Gasteiger charge is 2.20. The van der Waals surface area contributed by atoms with E-state index in [4.69, 9.17) is 9.47 Å². The molecule has 2 rings (SSSR count). The van der Waals surface area contributed by atoms with E-state index in [0.717, 1.165) is 25.2 Å². The van der Waals surface area contributed by atoms with E-state index in [1.165, 1.54) is 16.0 Å². The van der Waals surface area contributed by atoms with Gasteiger partial charge in [0.05, 0.1) is 13.7 Å². The van der Waals surface area contributed by atoms with Crippen molar-refractivity contribution in [2.75, 3.05) is 20.8 Å². The molecule has 0 spiro atoms. The number of ether oxygens (including phenoxy) is 2. The first-order valence-electron chi connectivity index (χ1n) is 9.14. The third-order valence-electron chi connectivity index (χ3n) is 4.46. The lowest BCUT2D eigenvalue weighted by Crippen LogP contribution is -2.20. The minimum absolute atomic E-state index is 0.402. The van der Waals surface area contributed by atoms with Crippen LogP contribution in [0.25, 0.3) is 0 Å². The molecule has 140 valence electrons. The molecule has 0 aliphatic rings. The lowest BCUT2D eigenvalue weighted by Gasteiger charge is -2.24. The van der Waals surface area contributed by atoms with Crippen molar-refractivity contribution in [1.82, 2.24) is 0 Å². The molecule has 0 unspecified atom stereocenters. The number of thioether (sulfide) groups is 1. The van der Waals surface area contributed by atoms with Crippen LogP contribution in [0.2, 0.25) is 0 Å². The van der Waals surface area contributed by atoms with Crippen molar-refractivity contribution >= 4 is 11.8 Å². The Morgan fingerprint density at radius 2 is 1.73 bits per heavy atom. The van der Waals surface area contributed by atoms with Gasteiger partial charge in [-0.25, -0.2) is 0 Å². The Kier molecular flexibility index (Phi) is 8.79. The number of hydrogen-bond donors (Lipinski definition) is 0. The van der Waals surface area contributed by atoms with Gasteiger partial charge in [-0.3, -0.25) is 0 Å². The number of methoxy groups -OCH3 is 2. The second-order valence-corrected chi connectivity index (χ2v) is 7.83. The molecule has 0 saturated carbocycles. The van der Waals surface area contributed by atoms with Crippen molar-refractivity contribution in [2.24, 2.45) is 5.92 Å². The van der Waals surface area contributed by atoms with Gasteiger partial charge in [0.25, 0.3) is 0 Å². The van der Waals surface area contributed by atoms with Gasteiger partial charge in [-0.05, 0) is 55.5 Å². The topological polar surface area (TPSA) is 18.5 Å². The maximum Gasteiger partial charge on any atom is 0.118 e. The third kappa shape index (κ3) is 6.54. The van der Waals surface area contributed by atoms with E-state index in [-0.39, 0.29) is 0 Å². The Labute approximate surface area is 162 Å². The molecule has 0 radical (unpaired) electrons. The van der Waals surface area contributed by atoms with E-state index >= 15 is 0 Å². The Bertz CT molecular complexity index is 664. The molecule has 0 amide bonds. The molecule has 0 aromatic heterocycles. The molecule has 2 nitrogen and oxygen atoms in total. The fraction of sp³-hybridized carbons (Fsp3) is 0.391. The van der Waals surface area contributed by atoms with Gasteiger partial charge in [-0.2, -0.15) is 0 Å². The van der Waals surface area contributed by atoms with Crippen molar-refractivity contribution in [2.45, 2.75) is 36.8 Å². The molecule has 0 aliphatic carbocycles. The van der Waals surface area contributed by atoms with Crippen molar-refractivity contribution in [3.05, 3.63) is 71.8 Å². The van der Waals surface area contributed by atoms with Gasteiger partial charge in [0.15, 0.2) is 0 Å². The lowest BCUT2D eigenvalue weighted by atomic mass is 10.00. The second-order valence-electron chi connectivity index (χ2n) is 6.62. The van der Waals surface area contributed by atoms with Crippen LogP contribution < -0.4 is 4.74 Å². The summed E-state index contributed by atoms with van der Waals surface area (Å²) in [5.41, 5.74) is 2.81. The highest BCUT2D eigenvalue weighted by molar-refractivity contribution is 8.00. The highest BCUT2D eigenvalue weighted by atomic mass is 32.2. The molecule has 0 bridgehead atoms. The first kappa shape index (κ1) is 20.6. The third-order valence-corrected chi connectivity index (χ3v) is 6.09. The first-order chi connectivity index (χ1) is 12.6. The number of allylic oxidation sites excluding steroid dienone is 1. The van der Waals surface area contributed by atoms with Crippen molar-refractivity contribution in [3.8, 4) is 5.75 Å². The number of rotatable bonds is 10. The molecule has 2 aromatic rings. The standard InChI is InChI=1S/C23H30O2S/c1-18(9-8-12-20-10-6-5-7-11-20)23(19(2)17-24-3)26-22-15-13-21(25-4)14-16-22/h5-7,9-11,13-16,19,23H,8,12,17H2,1-4H3/b18-9+/t19-,23-/m0/s1. The smallest absolute Gasteiger partial charge is 0.118 e. The molecule has 26 heavy (non-hydrogen) atoms. The normalized spacial score (nSPS) is 14.1. The maximum atomic E-state index is 5.42. The average Bonchev–Trinajstić information content (AvgIpc) is 2.67. The molecule has 0 heterocycles. The zero-order valence-electron chi connectivity index (χ0n) is 16.3. The number of benzene rings is 2. The van der Waals surface area contributed by atoms with E-state index in [1.54, 1.807) is 14.2 Å². The monoisotopic (exact) mass is 370 g/mol. The molecule has 0 saturated heterocycles. The highest BCUT2D eigenvalue weighted by Crippen LogP contribution is 2.34. The van der Waals surface area contributed by atoms with Gasteiger partial charge in [0, 0.05) is 17.3 Å². The number of hydrogen-bond acceptors (Lipinski definition) is 3. The van der Waals surface area contributed by atoms with Crippen LogP contribution in [0.1, 0.15) is 25.8 Å². The Balaban J connectivity index is 2.05. The molecule has 0 aliphatic heterocycles. The van der Waals surface area contributed by atoms with Crippen LogP contribution in [-0.2, 0) is 11.2 Å². The minimum Gasteiger partial charge on any atom is -0.497 e. The van der Waals surface area contributed by atoms with Gasteiger partial charge >= 0.3 is 0 Å². The summed E-state index contributed by atoms with van der Waals surface area (Å²) in [6, 6.07) is 19.0. The summed E-state index contributed by atoms with van der Waals surface area (Å²) < 4.78 is 10.7. The van der Waals surface area contributed by atoms with E-state index in [0.29, 0.717) is 11.2 Å². The molecule has 2 aromatic carbocycles. The van der Waals surface area contributed by atoms with Crippen molar-refractivity contribution in [3.63, 3.8) is 0 Å². The van der Waals surface area contributed by atoms with Crippen LogP contribution in [0.4, 0.5) is 0 Å². The van der Waals surface area contributed by atoms with Crippen LogP contribution in [0, 0.1) is 5.92 Å². The fourth-order valence-corrected chi connectivity index (χ4v) is 4.22. The zero-order chi connectivity index (χ0) is 18.8. The molecule has 0 N–H and O–H groups in total. The summed E-state index contributed by atoms with van der Waals surface area (Å²) >= 11 is 1.91. The number of aryl methyl sites for hydroxylation is 1. The average molecular weight is 371 g/mol. The summed E-state index contributed by atoms with van der Waals surface area (Å²) in [7, 11) is 3.48. The Morgan fingerprint density at radius 3 is 2.35 bits per heavy atom. The molecular weight excluding hydrogens is 340 g/mol. The van der Waals surface area contributed by atoms with E-state index in [1.807, 2.05) is 23.9 Å². The summed E-state index contributed by atoms with van der Waals surface area (Å²) in [6.45, 7) is 5.27. The maximum absolute atomic E-state index is 5.42. The molecule has 2 atom stereocenters. The quantitative estimate of drug-likeness (QED) is 0.376. The molecular formula is C23H30O2S.